The van der Waals surface area contributed by atoms with Crippen molar-refractivity contribution >= 4 is 28.9 Å². The monoisotopic (exact) mass is 398 g/mol. The topological polar surface area (TPSA) is 75.3 Å². The highest BCUT2D eigenvalue weighted by molar-refractivity contribution is 7.12. The summed E-state index contributed by atoms with van der Waals surface area (Å²) in [5.74, 6) is 0.222. The van der Waals surface area contributed by atoms with E-state index in [1.165, 1.54) is 16.9 Å². The summed E-state index contributed by atoms with van der Waals surface area (Å²) in [6, 6.07) is 11.9. The van der Waals surface area contributed by atoms with E-state index in [0.717, 1.165) is 18.4 Å². The molecule has 2 aromatic rings. The smallest absolute Gasteiger partial charge is 0.222 e. The van der Waals surface area contributed by atoms with E-state index in [4.69, 9.17) is 0 Å². The number of aryl methyl sites for hydroxylation is 1. The SMILES string of the molecule is Cc1ccc(C(NC(=O)CCNC(=O)CCC(=O)c2cccs2)C2CC2)cc1. The Labute approximate surface area is 169 Å². The average Bonchev–Trinajstić information content (AvgIpc) is 3.38. The van der Waals surface area contributed by atoms with E-state index in [1.54, 1.807) is 6.07 Å². The Balaban J connectivity index is 1.38. The summed E-state index contributed by atoms with van der Waals surface area (Å²) in [4.78, 5) is 36.8. The zero-order valence-electron chi connectivity index (χ0n) is 16.1. The van der Waals surface area contributed by atoms with Crippen LogP contribution in [0.5, 0.6) is 0 Å². The van der Waals surface area contributed by atoms with Crippen LogP contribution < -0.4 is 10.6 Å². The molecule has 5 nitrogen and oxygen atoms in total. The Morgan fingerprint density at radius 2 is 1.79 bits per heavy atom. The van der Waals surface area contributed by atoms with Crippen LogP contribution in [0.25, 0.3) is 0 Å². The number of carbonyl (C=O) groups excluding carboxylic acids is 3. The zero-order chi connectivity index (χ0) is 19.9. The summed E-state index contributed by atoms with van der Waals surface area (Å²) in [5.41, 5.74) is 2.34. The molecule has 1 unspecified atom stereocenters. The van der Waals surface area contributed by atoms with E-state index in [-0.39, 0.29) is 49.4 Å². The van der Waals surface area contributed by atoms with E-state index in [9.17, 15) is 14.4 Å². The molecule has 1 heterocycles. The minimum atomic E-state index is -0.199. The fraction of sp³-hybridized carbons (Fsp3) is 0.409. The van der Waals surface area contributed by atoms with Crippen molar-refractivity contribution in [1.82, 2.24) is 10.6 Å². The molecule has 2 N–H and O–H groups in total. The standard InChI is InChI=1S/C22H26N2O3S/c1-15-4-6-16(7-5-15)22(17-8-9-17)24-21(27)12-13-23-20(26)11-10-18(25)19-3-2-14-28-19/h2-7,14,17,22H,8-13H2,1H3,(H,23,26)(H,24,27). The second-order valence-corrected chi connectivity index (χ2v) is 8.24. The van der Waals surface area contributed by atoms with Crippen molar-refractivity contribution in [1.29, 1.82) is 0 Å². The minimum absolute atomic E-state index is 0.0201. The molecule has 0 bridgehead atoms. The largest absolute Gasteiger partial charge is 0.356 e. The fourth-order valence-electron chi connectivity index (χ4n) is 3.11. The number of ketones is 1. The maximum Gasteiger partial charge on any atom is 0.222 e. The van der Waals surface area contributed by atoms with Gasteiger partial charge < -0.3 is 10.6 Å². The molecule has 6 heteroatoms. The average molecular weight is 399 g/mol. The van der Waals surface area contributed by atoms with Crippen molar-refractivity contribution in [3.63, 3.8) is 0 Å². The number of amides is 2. The molecule has 0 radical (unpaired) electrons. The second kappa shape index (κ2) is 9.64. The lowest BCUT2D eigenvalue weighted by Gasteiger charge is -2.19. The molecule has 3 rings (SSSR count). The first-order valence-electron chi connectivity index (χ1n) is 9.72. The van der Waals surface area contributed by atoms with Crippen LogP contribution in [0.1, 0.15) is 58.9 Å². The molecule has 2 amide bonds. The van der Waals surface area contributed by atoms with Crippen molar-refractivity contribution in [2.45, 2.75) is 45.1 Å². The first-order chi connectivity index (χ1) is 13.5. The third-order valence-electron chi connectivity index (χ3n) is 4.90. The lowest BCUT2D eigenvalue weighted by atomic mass is 10.0. The molecule has 1 aliphatic carbocycles. The number of thiophene rings is 1. The number of carbonyl (C=O) groups is 3. The van der Waals surface area contributed by atoms with Gasteiger partial charge in [-0.05, 0) is 42.7 Å². The number of nitrogens with one attached hydrogen (secondary N) is 2. The van der Waals surface area contributed by atoms with Crippen LogP contribution in [0, 0.1) is 12.8 Å². The van der Waals surface area contributed by atoms with Gasteiger partial charge in [-0.25, -0.2) is 0 Å². The van der Waals surface area contributed by atoms with Crippen molar-refractivity contribution < 1.29 is 14.4 Å². The van der Waals surface area contributed by atoms with Gasteiger partial charge in [-0.1, -0.05) is 35.9 Å². The van der Waals surface area contributed by atoms with Crippen LogP contribution in [0.2, 0.25) is 0 Å². The number of rotatable bonds is 10. The Morgan fingerprint density at radius 1 is 1.04 bits per heavy atom. The normalized spacial score (nSPS) is 14.3. The molecule has 0 saturated heterocycles. The number of Topliss-reactive ketones (excluding diaryl/α,β-unsaturated/α-hetero) is 1. The zero-order valence-corrected chi connectivity index (χ0v) is 16.9. The van der Waals surface area contributed by atoms with Gasteiger partial charge in [0.2, 0.25) is 11.8 Å². The molecule has 1 fully saturated rings. The summed E-state index contributed by atoms with van der Waals surface area (Å²) in [7, 11) is 0. The molecule has 0 aliphatic heterocycles. The van der Waals surface area contributed by atoms with Gasteiger partial charge in [0.25, 0.3) is 0 Å². The molecule has 1 saturated carbocycles. The van der Waals surface area contributed by atoms with Crippen molar-refractivity contribution in [3.8, 4) is 0 Å². The molecule has 1 atom stereocenters. The van der Waals surface area contributed by atoms with Gasteiger partial charge in [0.1, 0.15) is 0 Å². The first kappa shape index (κ1) is 20.3. The molecule has 1 aliphatic rings. The lowest BCUT2D eigenvalue weighted by molar-refractivity contribution is -0.122. The van der Waals surface area contributed by atoms with E-state index in [0.29, 0.717) is 10.8 Å². The predicted molar refractivity (Wildman–Crippen MR) is 110 cm³/mol. The highest BCUT2D eigenvalue weighted by atomic mass is 32.1. The van der Waals surface area contributed by atoms with Crippen molar-refractivity contribution in [2.75, 3.05) is 6.54 Å². The second-order valence-electron chi connectivity index (χ2n) is 7.29. The van der Waals surface area contributed by atoms with Crippen LogP contribution in [0.4, 0.5) is 0 Å². The van der Waals surface area contributed by atoms with E-state index in [2.05, 4.69) is 34.9 Å². The van der Waals surface area contributed by atoms with Gasteiger partial charge in [0.15, 0.2) is 5.78 Å². The Kier molecular flexibility index (Phi) is 6.98. The maximum atomic E-state index is 12.3. The molecular weight excluding hydrogens is 372 g/mol. The summed E-state index contributed by atoms with van der Waals surface area (Å²) in [6.45, 7) is 2.33. The minimum Gasteiger partial charge on any atom is -0.356 e. The van der Waals surface area contributed by atoms with E-state index < -0.39 is 0 Å². The summed E-state index contributed by atoms with van der Waals surface area (Å²) in [5, 5.41) is 7.69. The lowest BCUT2D eigenvalue weighted by Crippen LogP contribution is -2.33. The van der Waals surface area contributed by atoms with Gasteiger partial charge in [-0.3, -0.25) is 14.4 Å². The summed E-state index contributed by atoms with van der Waals surface area (Å²) in [6.07, 6.45) is 2.84. The third-order valence-corrected chi connectivity index (χ3v) is 5.81. The summed E-state index contributed by atoms with van der Waals surface area (Å²) < 4.78 is 0. The quantitative estimate of drug-likeness (QED) is 0.598. The highest BCUT2D eigenvalue weighted by Crippen LogP contribution is 2.41. The van der Waals surface area contributed by atoms with Gasteiger partial charge in [-0.2, -0.15) is 0 Å². The van der Waals surface area contributed by atoms with Crippen LogP contribution >= 0.6 is 11.3 Å². The molecule has 148 valence electrons. The van der Waals surface area contributed by atoms with Crippen molar-refractivity contribution in [3.05, 3.63) is 57.8 Å². The van der Waals surface area contributed by atoms with Crippen molar-refractivity contribution in [2.24, 2.45) is 5.92 Å². The molecular formula is C22H26N2O3S. The Hall–Kier alpha value is -2.47. The number of hydrogen-bond donors (Lipinski definition) is 2. The Bertz CT molecular complexity index is 811. The van der Waals surface area contributed by atoms with Crippen LogP contribution in [0.3, 0.4) is 0 Å². The summed E-state index contributed by atoms with van der Waals surface area (Å²) >= 11 is 1.38. The molecule has 0 spiro atoms. The molecule has 1 aromatic carbocycles. The van der Waals surface area contributed by atoms with Crippen LogP contribution in [-0.4, -0.2) is 24.1 Å². The van der Waals surface area contributed by atoms with Crippen LogP contribution in [-0.2, 0) is 9.59 Å². The maximum absolute atomic E-state index is 12.3. The number of benzene rings is 1. The van der Waals surface area contributed by atoms with Crippen LogP contribution in [0.15, 0.2) is 41.8 Å². The molecule has 28 heavy (non-hydrogen) atoms. The molecule has 1 aromatic heterocycles. The first-order valence-corrected chi connectivity index (χ1v) is 10.6. The predicted octanol–water partition coefficient (Wildman–Crippen LogP) is 3.79. The van der Waals surface area contributed by atoms with Gasteiger partial charge in [0.05, 0.1) is 10.9 Å². The van der Waals surface area contributed by atoms with E-state index >= 15 is 0 Å². The van der Waals surface area contributed by atoms with Gasteiger partial charge in [0, 0.05) is 25.8 Å². The fourth-order valence-corrected chi connectivity index (χ4v) is 3.81. The third kappa shape index (κ3) is 6.02. The van der Waals surface area contributed by atoms with E-state index in [1.807, 2.05) is 18.4 Å². The number of hydrogen-bond acceptors (Lipinski definition) is 4. The highest BCUT2D eigenvalue weighted by Gasteiger charge is 2.33. The Morgan fingerprint density at radius 3 is 2.43 bits per heavy atom. The van der Waals surface area contributed by atoms with Gasteiger partial charge in [-0.15, -0.1) is 11.3 Å². The van der Waals surface area contributed by atoms with Gasteiger partial charge >= 0.3 is 0 Å².